The number of hydrogen-bond donors (Lipinski definition) is 1. The second kappa shape index (κ2) is 7.61. The van der Waals surface area contributed by atoms with E-state index in [4.69, 9.17) is 0 Å². The van der Waals surface area contributed by atoms with Gasteiger partial charge in [-0.15, -0.1) is 0 Å². The van der Waals surface area contributed by atoms with Crippen LogP contribution in [0.3, 0.4) is 0 Å². The molecule has 1 unspecified atom stereocenters. The van der Waals surface area contributed by atoms with Gasteiger partial charge < -0.3 is 10.2 Å². The van der Waals surface area contributed by atoms with E-state index in [-0.39, 0.29) is 11.8 Å². The molecule has 1 atom stereocenters. The molecule has 5 nitrogen and oxygen atoms in total. The first-order valence-corrected chi connectivity index (χ1v) is 9.71. The van der Waals surface area contributed by atoms with Crippen LogP contribution >= 0.6 is 0 Å². The molecule has 0 radical (unpaired) electrons. The molecular weight excluding hydrogens is 336 g/mol. The Morgan fingerprint density at radius 1 is 1.12 bits per heavy atom. The Morgan fingerprint density at radius 2 is 1.80 bits per heavy atom. The van der Waals surface area contributed by atoms with Gasteiger partial charge in [-0.05, 0) is 48.4 Å². The molecule has 2 aromatic rings. The summed E-state index contributed by atoms with van der Waals surface area (Å²) in [7, 11) is -1.05. The largest absolute Gasteiger partial charge is 0.348 e. The molecule has 0 saturated carbocycles. The fourth-order valence-corrected chi connectivity index (χ4v) is 3.32. The van der Waals surface area contributed by atoms with Gasteiger partial charge in [-0.25, -0.2) is 0 Å². The summed E-state index contributed by atoms with van der Waals surface area (Å²) in [6.07, 6.45) is 3.12. The highest BCUT2D eigenvalue weighted by Crippen LogP contribution is 2.21. The average Bonchev–Trinajstić information content (AvgIpc) is 3.06. The molecule has 1 fully saturated rings. The SMILES string of the molecule is CS(=O)c1ccc(C(=O)NCc2ccc(N3CCCC3=O)cc2)cc1. The summed E-state index contributed by atoms with van der Waals surface area (Å²) in [6.45, 7) is 1.18. The van der Waals surface area contributed by atoms with Crippen LogP contribution in [-0.2, 0) is 22.1 Å². The zero-order chi connectivity index (χ0) is 17.8. The van der Waals surface area contributed by atoms with Crippen molar-refractivity contribution in [1.82, 2.24) is 5.32 Å². The van der Waals surface area contributed by atoms with Crippen LogP contribution in [0.25, 0.3) is 0 Å². The highest BCUT2D eigenvalue weighted by Gasteiger charge is 2.21. The summed E-state index contributed by atoms with van der Waals surface area (Å²) in [5.74, 6) is -0.00950. The number of nitrogens with zero attached hydrogens (tertiary/aromatic N) is 1. The molecular formula is C19H20N2O3S. The third-order valence-electron chi connectivity index (χ3n) is 4.22. The topological polar surface area (TPSA) is 66.5 Å². The fraction of sp³-hybridized carbons (Fsp3) is 0.263. The highest BCUT2D eigenvalue weighted by atomic mass is 32.2. The first kappa shape index (κ1) is 17.4. The van der Waals surface area contributed by atoms with E-state index in [1.165, 1.54) is 0 Å². The van der Waals surface area contributed by atoms with Crippen LogP contribution < -0.4 is 10.2 Å². The van der Waals surface area contributed by atoms with E-state index < -0.39 is 10.8 Å². The van der Waals surface area contributed by atoms with E-state index in [0.29, 0.717) is 23.4 Å². The van der Waals surface area contributed by atoms with E-state index in [9.17, 15) is 13.8 Å². The fourth-order valence-electron chi connectivity index (χ4n) is 2.80. The van der Waals surface area contributed by atoms with Crippen LogP contribution in [0.4, 0.5) is 5.69 Å². The summed E-state index contributed by atoms with van der Waals surface area (Å²) in [6, 6.07) is 14.4. The summed E-state index contributed by atoms with van der Waals surface area (Å²) >= 11 is 0. The molecule has 2 amide bonds. The van der Waals surface area contributed by atoms with Gasteiger partial charge in [-0.2, -0.15) is 0 Å². The smallest absolute Gasteiger partial charge is 0.251 e. The van der Waals surface area contributed by atoms with E-state index in [1.807, 2.05) is 24.3 Å². The Bertz CT molecular complexity index is 800. The zero-order valence-electron chi connectivity index (χ0n) is 14.0. The van der Waals surface area contributed by atoms with Gasteiger partial charge in [-0.1, -0.05) is 12.1 Å². The highest BCUT2D eigenvalue weighted by molar-refractivity contribution is 7.84. The number of benzene rings is 2. The maximum atomic E-state index is 12.2. The van der Waals surface area contributed by atoms with Crippen molar-refractivity contribution in [3.8, 4) is 0 Å². The Kier molecular flexibility index (Phi) is 5.28. The van der Waals surface area contributed by atoms with Gasteiger partial charge in [0.05, 0.1) is 0 Å². The Hall–Kier alpha value is -2.47. The summed E-state index contributed by atoms with van der Waals surface area (Å²) in [5.41, 5.74) is 2.41. The van der Waals surface area contributed by atoms with Gasteiger partial charge in [0, 0.05) is 52.7 Å². The molecule has 6 heteroatoms. The van der Waals surface area contributed by atoms with Crippen LogP contribution in [0.1, 0.15) is 28.8 Å². The van der Waals surface area contributed by atoms with Gasteiger partial charge in [0.1, 0.15) is 0 Å². The van der Waals surface area contributed by atoms with Crippen LogP contribution in [0, 0.1) is 0 Å². The quantitative estimate of drug-likeness (QED) is 0.895. The van der Waals surface area contributed by atoms with Crippen LogP contribution in [0.15, 0.2) is 53.4 Å². The van der Waals surface area contributed by atoms with Gasteiger partial charge in [0.2, 0.25) is 5.91 Å². The molecule has 1 aliphatic heterocycles. The van der Waals surface area contributed by atoms with Crippen molar-refractivity contribution < 1.29 is 13.8 Å². The average molecular weight is 356 g/mol. The van der Waals surface area contributed by atoms with E-state index in [2.05, 4.69) is 5.32 Å². The molecule has 0 aromatic heterocycles. The molecule has 130 valence electrons. The van der Waals surface area contributed by atoms with Crippen LogP contribution in [0.2, 0.25) is 0 Å². The van der Waals surface area contributed by atoms with Crippen LogP contribution in [0.5, 0.6) is 0 Å². The van der Waals surface area contributed by atoms with Crippen molar-refractivity contribution >= 4 is 28.3 Å². The van der Waals surface area contributed by atoms with Gasteiger partial charge >= 0.3 is 0 Å². The zero-order valence-corrected chi connectivity index (χ0v) is 14.8. The molecule has 1 N–H and O–H groups in total. The van der Waals surface area contributed by atoms with Gasteiger partial charge in [0.15, 0.2) is 0 Å². The number of anilines is 1. The normalized spacial score (nSPS) is 15.2. The van der Waals surface area contributed by atoms with Crippen molar-refractivity contribution in [2.75, 3.05) is 17.7 Å². The Labute approximate surface area is 149 Å². The number of nitrogens with one attached hydrogen (secondary N) is 1. The minimum atomic E-state index is -1.05. The number of carbonyl (C=O) groups excluding carboxylic acids is 2. The lowest BCUT2D eigenvalue weighted by Crippen LogP contribution is -2.24. The molecule has 2 aromatic carbocycles. The van der Waals surface area contributed by atoms with Crippen molar-refractivity contribution in [3.05, 3.63) is 59.7 Å². The number of carbonyl (C=O) groups is 2. The minimum Gasteiger partial charge on any atom is -0.348 e. The summed E-state index contributed by atoms with van der Waals surface area (Å²) in [5, 5.41) is 2.87. The van der Waals surface area contributed by atoms with E-state index in [0.717, 1.165) is 24.2 Å². The number of hydrogen-bond acceptors (Lipinski definition) is 3. The molecule has 1 saturated heterocycles. The second-order valence-corrected chi connectivity index (χ2v) is 7.36. The summed E-state index contributed by atoms with van der Waals surface area (Å²) in [4.78, 5) is 26.4. The van der Waals surface area contributed by atoms with E-state index >= 15 is 0 Å². The van der Waals surface area contributed by atoms with Crippen molar-refractivity contribution in [3.63, 3.8) is 0 Å². The lowest BCUT2D eigenvalue weighted by atomic mass is 10.1. The van der Waals surface area contributed by atoms with Crippen molar-refractivity contribution in [2.24, 2.45) is 0 Å². The first-order chi connectivity index (χ1) is 12.0. The minimum absolute atomic E-state index is 0.164. The molecule has 25 heavy (non-hydrogen) atoms. The Morgan fingerprint density at radius 3 is 2.36 bits per heavy atom. The molecule has 1 aliphatic rings. The van der Waals surface area contributed by atoms with Crippen molar-refractivity contribution in [2.45, 2.75) is 24.3 Å². The standard InChI is InChI=1S/C19H20N2O3S/c1-25(24)17-10-6-15(7-11-17)19(23)20-13-14-4-8-16(9-5-14)21-12-2-3-18(21)22/h4-11H,2-3,12-13H2,1H3,(H,20,23). The van der Waals surface area contributed by atoms with Crippen molar-refractivity contribution in [1.29, 1.82) is 0 Å². The summed E-state index contributed by atoms with van der Waals surface area (Å²) < 4.78 is 11.4. The first-order valence-electron chi connectivity index (χ1n) is 8.15. The molecule has 3 rings (SSSR count). The molecule has 0 spiro atoms. The number of amides is 2. The maximum Gasteiger partial charge on any atom is 0.251 e. The lowest BCUT2D eigenvalue weighted by molar-refractivity contribution is -0.117. The number of rotatable bonds is 5. The monoisotopic (exact) mass is 356 g/mol. The van der Waals surface area contributed by atoms with E-state index in [1.54, 1.807) is 35.4 Å². The molecule has 0 bridgehead atoms. The predicted octanol–water partition coefficient (Wildman–Crippen LogP) is 2.48. The molecule has 0 aliphatic carbocycles. The van der Waals surface area contributed by atoms with Gasteiger partial charge in [-0.3, -0.25) is 13.8 Å². The van der Waals surface area contributed by atoms with Crippen LogP contribution in [-0.4, -0.2) is 28.8 Å². The third-order valence-corrected chi connectivity index (χ3v) is 5.16. The second-order valence-electron chi connectivity index (χ2n) is 5.98. The maximum absolute atomic E-state index is 12.2. The third kappa shape index (κ3) is 4.14. The lowest BCUT2D eigenvalue weighted by Gasteiger charge is -2.16. The Balaban J connectivity index is 1.58. The van der Waals surface area contributed by atoms with Gasteiger partial charge in [0.25, 0.3) is 5.91 Å². The molecule has 1 heterocycles. The predicted molar refractivity (Wildman–Crippen MR) is 98.0 cm³/mol.